The van der Waals surface area contributed by atoms with Crippen molar-refractivity contribution >= 4 is 49.0 Å². The Kier molecular flexibility index (Phi) is 4.32. The van der Waals surface area contributed by atoms with E-state index in [1.807, 2.05) is 6.07 Å². The van der Waals surface area contributed by atoms with Crippen LogP contribution in [0.5, 0.6) is 5.75 Å². The first-order valence-electron chi connectivity index (χ1n) is 6.68. The summed E-state index contributed by atoms with van der Waals surface area (Å²) in [6, 6.07) is 10.6. The average Bonchev–Trinajstić information content (AvgIpc) is 2.52. The normalized spacial score (nSPS) is 11.4. The predicted octanol–water partition coefficient (Wildman–Crippen LogP) is 3.82. The molecule has 0 fully saturated rings. The molecule has 0 aliphatic carbocycles. The first kappa shape index (κ1) is 15.9. The number of halogens is 2. The molecule has 23 heavy (non-hydrogen) atoms. The first-order valence-corrected chi connectivity index (χ1v) is 8.27. The molecule has 0 atom stereocenters. The molecule has 0 unspecified atom stereocenters. The van der Waals surface area contributed by atoms with E-state index in [2.05, 4.69) is 41.9 Å². The molecule has 0 aliphatic heterocycles. The summed E-state index contributed by atoms with van der Waals surface area (Å²) >= 11 is 6.52. The molecule has 5 nitrogen and oxygen atoms in total. The molecule has 0 bridgehead atoms. The van der Waals surface area contributed by atoms with Gasteiger partial charge in [0, 0.05) is 0 Å². The Bertz CT molecular complexity index is 973. The van der Waals surface area contributed by atoms with E-state index in [1.165, 1.54) is 4.68 Å². The molecule has 0 amide bonds. The Morgan fingerprint density at radius 1 is 1.22 bits per heavy atom. The minimum atomic E-state index is -0.221. The number of rotatable bonds is 2. The maximum Gasteiger partial charge on any atom is 0.282 e. The number of hydrogen-bond acceptors (Lipinski definition) is 4. The molecule has 0 saturated heterocycles. The Morgan fingerprint density at radius 2 is 1.87 bits per heavy atom. The SMILES string of the molecule is Cc1nc2ccccc2c(=O)n1/N=C\c1cc(Br)c(O)c(Br)c1. The van der Waals surface area contributed by atoms with Crippen LogP contribution in [0, 0.1) is 6.92 Å². The fraction of sp³-hybridized carbons (Fsp3) is 0.0625. The van der Waals surface area contributed by atoms with Gasteiger partial charge in [0.1, 0.15) is 11.6 Å². The van der Waals surface area contributed by atoms with Gasteiger partial charge in [0.2, 0.25) is 0 Å². The van der Waals surface area contributed by atoms with Gasteiger partial charge in [-0.05, 0) is 68.6 Å². The van der Waals surface area contributed by atoms with Crippen LogP contribution in [0.2, 0.25) is 0 Å². The molecule has 0 radical (unpaired) electrons. The van der Waals surface area contributed by atoms with Crippen molar-refractivity contribution in [3.8, 4) is 5.75 Å². The number of hydrogen-bond donors (Lipinski definition) is 1. The molecule has 0 aliphatic rings. The van der Waals surface area contributed by atoms with E-state index in [0.29, 0.717) is 25.7 Å². The number of aromatic hydroxyl groups is 1. The van der Waals surface area contributed by atoms with Crippen LogP contribution in [0.25, 0.3) is 10.9 Å². The third-order valence-electron chi connectivity index (χ3n) is 3.28. The van der Waals surface area contributed by atoms with Crippen LogP contribution < -0.4 is 5.56 Å². The van der Waals surface area contributed by atoms with Gasteiger partial charge < -0.3 is 5.11 Å². The first-order chi connectivity index (χ1) is 11.0. The smallest absolute Gasteiger partial charge is 0.282 e. The van der Waals surface area contributed by atoms with Gasteiger partial charge in [-0.1, -0.05) is 12.1 Å². The van der Waals surface area contributed by atoms with Gasteiger partial charge in [0.25, 0.3) is 5.56 Å². The molecule has 7 heteroatoms. The van der Waals surface area contributed by atoms with E-state index in [1.54, 1.807) is 43.5 Å². The number of nitrogens with zero attached hydrogens (tertiary/aromatic N) is 3. The quantitative estimate of drug-likeness (QED) is 0.621. The highest BCUT2D eigenvalue weighted by molar-refractivity contribution is 9.11. The van der Waals surface area contributed by atoms with Crippen LogP contribution in [-0.2, 0) is 0 Å². The molecule has 2 aromatic carbocycles. The van der Waals surface area contributed by atoms with Crippen molar-refractivity contribution in [3.05, 3.63) is 67.1 Å². The number of benzene rings is 2. The number of phenols is 1. The summed E-state index contributed by atoms with van der Waals surface area (Å²) in [5.74, 6) is 0.615. The van der Waals surface area contributed by atoms with Gasteiger partial charge in [0.15, 0.2) is 0 Å². The lowest BCUT2D eigenvalue weighted by atomic mass is 10.2. The zero-order chi connectivity index (χ0) is 16.6. The van der Waals surface area contributed by atoms with E-state index < -0.39 is 0 Å². The lowest BCUT2D eigenvalue weighted by molar-refractivity contribution is 0.468. The lowest BCUT2D eigenvalue weighted by Gasteiger charge is -2.06. The highest BCUT2D eigenvalue weighted by atomic mass is 79.9. The van der Waals surface area contributed by atoms with Crippen molar-refractivity contribution in [3.63, 3.8) is 0 Å². The maximum absolute atomic E-state index is 12.5. The molecule has 0 spiro atoms. The Labute approximate surface area is 148 Å². The van der Waals surface area contributed by atoms with Gasteiger partial charge in [-0.25, -0.2) is 4.98 Å². The standard InChI is InChI=1S/C16H11Br2N3O2/c1-9-20-14-5-3-2-4-11(14)16(23)21(9)19-8-10-6-12(17)15(22)13(18)7-10/h2-8,22H,1H3/b19-8-. The van der Waals surface area contributed by atoms with E-state index in [4.69, 9.17) is 0 Å². The molecular formula is C16H11Br2N3O2. The third kappa shape index (κ3) is 3.07. The number of para-hydroxylation sites is 1. The monoisotopic (exact) mass is 435 g/mol. The van der Waals surface area contributed by atoms with Crippen molar-refractivity contribution in [2.75, 3.05) is 0 Å². The highest BCUT2D eigenvalue weighted by Gasteiger charge is 2.07. The molecule has 1 heterocycles. The molecular weight excluding hydrogens is 426 g/mol. The second-order valence-corrected chi connectivity index (χ2v) is 6.58. The van der Waals surface area contributed by atoms with Crippen LogP contribution in [0.4, 0.5) is 0 Å². The highest BCUT2D eigenvalue weighted by Crippen LogP contribution is 2.32. The van der Waals surface area contributed by atoms with Gasteiger partial charge in [0.05, 0.1) is 26.1 Å². The zero-order valence-electron chi connectivity index (χ0n) is 12.0. The van der Waals surface area contributed by atoms with Crippen LogP contribution in [-0.4, -0.2) is 21.0 Å². The van der Waals surface area contributed by atoms with Gasteiger partial charge in [-0.3, -0.25) is 4.79 Å². The van der Waals surface area contributed by atoms with Crippen molar-refractivity contribution in [1.82, 2.24) is 9.66 Å². The summed E-state index contributed by atoms with van der Waals surface area (Å²) < 4.78 is 2.33. The summed E-state index contributed by atoms with van der Waals surface area (Å²) in [4.78, 5) is 16.9. The largest absolute Gasteiger partial charge is 0.506 e. The minimum absolute atomic E-state index is 0.114. The van der Waals surface area contributed by atoms with E-state index in [0.717, 1.165) is 5.56 Å². The topological polar surface area (TPSA) is 67.5 Å². The Hall–Kier alpha value is -1.99. The van der Waals surface area contributed by atoms with Gasteiger partial charge in [-0.15, -0.1) is 0 Å². The zero-order valence-corrected chi connectivity index (χ0v) is 15.2. The minimum Gasteiger partial charge on any atom is -0.506 e. The van der Waals surface area contributed by atoms with Crippen molar-refractivity contribution in [2.45, 2.75) is 6.92 Å². The second-order valence-electron chi connectivity index (χ2n) is 4.87. The summed E-state index contributed by atoms with van der Waals surface area (Å²) in [7, 11) is 0. The fourth-order valence-corrected chi connectivity index (χ4v) is 3.38. The second kappa shape index (κ2) is 6.25. The molecule has 0 saturated carbocycles. The number of phenolic OH excluding ortho intramolecular Hbond substituents is 1. The van der Waals surface area contributed by atoms with E-state index in [9.17, 15) is 9.90 Å². The lowest BCUT2D eigenvalue weighted by Crippen LogP contribution is -2.20. The molecule has 1 N–H and O–H groups in total. The molecule has 116 valence electrons. The van der Waals surface area contributed by atoms with E-state index in [-0.39, 0.29) is 11.3 Å². The van der Waals surface area contributed by atoms with E-state index >= 15 is 0 Å². The number of aryl methyl sites for hydroxylation is 1. The van der Waals surface area contributed by atoms with Crippen molar-refractivity contribution in [1.29, 1.82) is 0 Å². The van der Waals surface area contributed by atoms with Crippen molar-refractivity contribution < 1.29 is 5.11 Å². The summed E-state index contributed by atoms with van der Waals surface area (Å²) in [6.07, 6.45) is 1.54. The van der Waals surface area contributed by atoms with Crippen molar-refractivity contribution in [2.24, 2.45) is 5.10 Å². The van der Waals surface area contributed by atoms with Gasteiger partial charge in [-0.2, -0.15) is 9.78 Å². The molecule has 1 aromatic heterocycles. The number of aromatic nitrogens is 2. The Balaban J connectivity index is 2.10. The van der Waals surface area contributed by atoms with Crippen LogP contribution in [0.15, 0.2) is 55.2 Å². The Morgan fingerprint density at radius 3 is 2.57 bits per heavy atom. The summed E-state index contributed by atoms with van der Waals surface area (Å²) in [5.41, 5.74) is 1.15. The summed E-state index contributed by atoms with van der Waals surface area (Å²) in [6.45, 7) is 1.73. The van der Waals surface area contributed by atoms with Crippen LogP contribution in [0.3, 0.4) is 0 Å². The van der Waals surface area contributed by atoms with Crippen LogP contribution >= 0.6 is 31.9 Å². The van der Waals surface area contributed by atoms with Crippen LogP contribution in [0.1, 0.15) is 11.4 Å². The third-order valence-corrected chi connectivity index (χ3v) is 4.49. The maximum atomic E-state index is 12.5. The fourth-order valence-electron chi connectivity index (χ4n) is 2.15. The summed E-state index contributed by atoms with van der Waals surface area (Å²) in [5, 5.41) is 14.5. The number of fused-ring (bicyclic) bond motifs is 1. The predicted molar refractivity (Wildman–Crippen MR) is 97.2 cm³/mol. The molecule has 3 aromatic rings. The van der Waals surface area contributed by atoms with Gasteiger partial charge >= 0.3 is 0 Å². The molecule has 3 rings (SSSR count). The average molecular weight is 437 g/mol.